The van der Waals surface area contributed by atoms with E-state index < -0.39 is 0 Å². The minimum atomic E-state index is -0.370. The molecular formula is C18H20N2O3. The largest absolute Gasteiger partial charge is 0.492 e. The van der Waals surface area contributed by atoms with Gasteiger partial charge >= 0.3 is 0 Å². The van der Waals surface area contributed by atoms with Crippen LogP contribution in [-0.2, 0) is 9.59 Å². The summed E-state index contributed by atoms with van der Waals surface area (Å²) in [5.41, 5.74) is 1.31. The molecule has 23 heavy (non-hydrogen) atoms. The molecule has 1 N–H and O–H groups in total. The van der Waals surface area contributed by atoms with Gasteiger partial charge in [-0.1, -0.05) is 30.3 Å². The molecule has 0 unspecified atom stereocenters. The first kappa shape index (κ1) is 16.5. The molecule has 0 radical (unpaired) electrons. The lowest BCUT2D eigenvalue weighted by Crippen LogP contribution is -2.30. The van der Waals surface area contributed by atoms with E-state index in [-0.39, 0.29) is 18.2 Å². The van der Waals surface area contributed by atoms with Crippen molar-refractivity contribution < 1.29 is 14.3 Å². The number of hydrogen-bond donors (Lipinski definition) is 1. The maximum atomic E-state index is 12.2. The van der Waals surface area contributed by atoms with E-state index in [1.54, 1.807) is 25.2 Å². The monoisotopic (exact) mass is 312 g/mol. The van der Waals surface area contributed by atoms with Crippen molar-refractivity contribution in [3.63, 3.8) is 0 Å². The Hall–Kier alpha value is -2.82. The van der Waals surface area contributed by atoms with Crippen molar-refractivity contribution in [1.82, 2.24) is 0 Å². The van der Waals surface area contributed by atoms with E-state index >= 15 is 0 Å². The van der Waals surface area contributed by atoms with Gasteiger partial charge in [-0.2, -0.15) is 0 Å². The Bertz CT molecular complexity index is 671. The quantitative estimate of drug-likeness (QED) is 0.834. The third-order valence-corrected chi connectivity index (χ3v) is 3.29. The molecule has 0 aliphatic carbocycles. The minimum absolute atomic E-state index is 0.230. The van der Waals surface area contributed by atoms with Crippen molar-refractivity contribution in [3.8, 4) is 5.75 Å². The van der Waals surface area contributed by atoms with Crippen LogP contribution in [0, 0.1) is 0 Å². The molecule has 0 atom stereocenters. The number of ether oxygens (including phenoxy) is 1. The van der Waals surface area contributed by atoms with Crippen LogP contribution in [0.25, 0.3) is 0 Å². The molecule has 0 bridgehead atoms. The number of nitrogens with zero attached hydrogens (tertiary/aromatic N) is 1. The number of hydrogen-bond acceptors (Lipinski definition) is 3. The molecule has 5 nitrogen and oxygen atoms in total. The van der Waals surface area contributed by atoms with E-state index in [1.807, 2.05) is 43.3 Å². The molecule has 2 aromatic rings. The second-order valence-electron chi connectivity index (χ2n) is 4.94. The Balaban J connectivity index is 1.98. The van der Waals surface area contributed by atoms with Gasteiger partial charge in [-0.25, -0.2) is 0 Å². The first-order valence-electron chi connectivity index (χ1n) is 7.45. The number of nitrogens with one attached hydrogen (secondary N) is 1. The van der Waals surface area contributed by atoms with Gasteiger partial charge in [0.25, 0.3) is 0 Å². The van der Waals surface area contributed by atoms with Crippen LogP contribution in [0.3, 0.4) is 0 Å². The Morgan fingerprint density at radius 3 is 2.39 bits per heavy atom. The molecule has 0 spiro atoms. The van der Waals surface area contributed by atoms with Crippen molar-refractivity contribution >= 4 is 23.2 Å². The van der Waals surface area contributed by atoms with E-state index in [0.717, 1.165) is 5.69 Å². The minimum Gasteiger partial charge on any atom is -0.492 e. The molecule has 120 valence electrons. The number of rotatable bonds is 6. The van der Waals surface area contributed by atoms with E-state index in [0.29, 0.717) is 18.0 Å². The summed E-state index contributed by atoms with van der Waals surface area (Å²) in [7, 11) is 1.65. The maximum Gasteiger partial charge on any atom is 0.236 e. The fourth-order valence-electron chi connectivity index (χ4n) is 2.10. The van der Waals surface area contributed by atoms with Crippen LogP contribution in [0.5, 0.6) is 5.75 Å². The van der Waals surface area contributed by atoms with E-state index in [4.69, 9.17) is 4.74 Å². The molecule has 0 aliphatic heterocycles. The summed E-state index contributed by atoms with van der Waals surface area (Å²) in [5.74, 6) is -0.0558. The fourth-order valence-corrected chi connectivity index (χ4v) is 2.10. The molecule has 0 aliphatic rings. The molecular weight excluding hydrogens is 292 g/mol. The highest BCUT2D eigenvalue weighted by Crippen LogP contribution is 2.23. The first-order valence-corrected chi connectivity index (χ1v) is 7.45. The Labute approximate surface area is 135 Å². The zero-order chi connectivity index (χ0) is 16.7. The molecule has 2 amide bonds. The number of anilines is 2. The van der Waals surface area contributed by atoms with Gasteiger partial charge in [-0.05, 0) is 31.2 Å². The van der Waals surface area contributed by atoms with Crippen LogP contribution in [0.2, 0.25) is 0 Å². The average Bonchev–Trinajstić information content (AvgIpc) is 2.57. The Morgan fingerprint density at radius 1 is 1.04 bits per heavy atom. The van der Waals surface area contributed by atoms with Gasteiger partial charge in [-0.3, -0.25) is 9.59 Å². The number of carbonyl (C=O) groups is 2. The van der Waals surface area contributed by atoms with Gasteiger partial charge in [0.2, 0.25) is 11.8 Å². The van der Waals surface area contributed by atoms with Crippen LogP contribution >= 0.6 is 0 Å². The first-order chi connectivity index (χ1) is 11.1. The predicted molar refractivity (Wildman–Crippen MR) is 90.7 cm³/mol. The maximum absolute atomic E-state index is 12.2. The molecule has 0 heterocycles. The Morgan fingerprint density at radius 2 is 1.70 bits per heavy atom. The molecule has 5 heteroatoms. The van der Waals surface area contributed by atoms with Crippen LogP contribution in [-0.4, -0.2) is 25.5 Å². The molecule has 0 fully saturated rings. The second-order valence-corrected chi connectivity index (χ2v) is 4.94. The molecule has 0 saturated carbocycles. The van der Waals surface area contributed by atoms with Crippen LogP contribution in [0.4, 0.5) is 11.4 Å². The highest BCUT2D eigenvalue weighted by Gasteiger charge is 2.16. The van der Waals surface area contributed by atoms with E-state index in [2.05, 4.69) is 5.32 Å². The summed E-state index contributed by atoms with van der Waals surface area (Å²) in [6.45, 7) is 2.37. The third-order valence-electron chi connectivity index (χ3n) is 3.29. The number of para-hydroxylation sites is 3. The number of carbonyl (C=O) groups excluding carboxylic acids is 2. The smallest absolute Gasteiger partial charge is 0.236 e. The lowest BCUT2D eigenvalue weighted by molar-refractivity contribution is -0.125. The standard InChI is InChI=1S/C18H20N2O3/c1-3-23-16-12-8-7-11-15(16)19-17(21)13-18(22)20(2)14-9-5-4-6-10-14/h4-12H,3,13H2,1-2H3,(H,19,21). The van der Waals surface area contributed by atoms with Crippen molar-refractivity contribution in [3.05, 3.63) is 54.6 Å². The van der Waals surface area contributed by atoms with Crippen molar-refractivity contribution in [2.45, 2.75) is 13.3 Å². The summed E-state index contributed by atoms with van der Waals surface area (Å²) in [5, 5.41) is 2.72. The number of amides is 2. The lowest BCUT2D eigenvalue weighted by atomic mass is 10.2. The average molecular weight is 312 g/mol. The molecule has 2 rings (SSSR count). The van der Waals surface area contributed by atoms with Crippen molar-refractivity contribution in [2.24, 2.45) is 0 Å². The van der Waals surface area contributed by atoms with Gasteiger partial charge in [-0.15, -0.1) is 0 Å². The van der Waals surface area contributed by atoms with Crippen molar-refractivity contribution in [1.29, 1.82) is 0 Å². The topological polar surface area (TPSA) is 58.6 Å². The SMILES string of the molecule is CCOc1ccccc1NC(=O)CC(=O)N(C)c1ccccc1. The molecule has 0 saturated heterocycles. The summed E-state index contributed by atoms with van der Waals surface area (Å²) in [4.78, 5) is 25.8. The lowest BCUT2D eigenvalue weighted by Gasteiger charge is -2.17. The van der Waals surface area contributed by atoms with Gasteiger partial charge in [0.15, 0.2) is 0 Å². The second kappa shape index (κ2) is 7.98. The summed E-state index contributed by atoms with van der Waals surface area (Å²) >= 11 is 0. The van der Waals surface area contributed by atoms with Gasteiger partial charge < -0.3 is 15.0 Å². The summed E-state index contributed by atoms with van der Waals surface area (Å²) < 4.78 is 5.45. The normalized spacial score (nSPS) is 10.0. The Kier molecular flexibility index (Phi) is 5.74. The zero-order valence-corrected chi connectivity index (χ0v) is 13.3. The highest BCUT2D eigenvalue weighted by atomic mass is 16.5. The molecule has 0 aromatic heterocycles. The van der Waals surface area contributed by atoms with Gasteiger partial charge in [0, 0.05) is 12.7 Å². The summed E-state index contributed by atoms with van der Waals surface area (Å²) in [6, 6.07) is 16.4. The van der Waals surface area contributed by atoms with Crippen LogP contribution < -0.4 is 15.0 Å². The summed E-state index contributed by atoms with van der Waals surface area (Å²) in [6.07, 6.45) is -0.230. The van der Waals surface area contributed by atoms with E-state index in [9.17, 15) is 9.59 Å². The van der Waals surface area contributed by atoms with Gasteiger partial charge in [0.05, 0.1) is 12.3 Å². The van der Waals surface area contributed by atoms with Crippen LogP contribution in [0.1, 0.15) is 13.3 Å². The van der Waals surface area contributed by atoms with Gasteiger partial charge in [0.1, 0.15) is 12.2 Å². The van der Waals surface area contributed by atoms with Crippen molar-refractivity contribution in [2.75, 3.05) is 23.9 Å². The van der Waals surface area contributed by atoms with Crippen LogP contribution in [0.15, 0.2) is 54.6 Å². The molecule has 2 aromatic carbocycles. The number of benzene rings is 2. The highest BCUT2D eigenvalue weighted by molar-refractivity contribution is 6.09. The fraction of sp³-hybridized carbons (Fsp3) is 0.222. The zero-order valence-electron chi connectivity index (χ0n) is 13.3. The van der Waals surface area contributed by atoms with E-state index in [1.165, 1.54) is 4.90 Å². The third kappa shape index (κ3) is 4.57. The predicted octanol–water partition coefficient (Wildman–Crippen LogP) is 3.08.